The van der Waals surface area contributed by atoms with Crippen molar-refractivity contribution in [2.75, 3.05) is 48.8 Å². The van der Waals surface area contributed by atoms with Gasteiger partial charge in [0.25, 0.3) is 5.91 Å². The van der Waals surface area contributed by atoms with Gasteiger partial charge in [-0.2, -0.15) is 0 Å². The van der Waals surface area contributed by atoms with Crippen LogP contribution in [0.25, 0.3) is 0 Å². The van der Waals surface area contributed by atoms with E-state index in [1.54, 1.807) is 0 Å². The minimum absolute atomic E-state index is 0.140. The number of aliphatic hydroxyl groups excluding tert-OH is 1. The molecule has 9 heteroatoms. The van der Waals surface area contributed by atoms with Crippen LogP contribution < -0.4 is 21.3 Å². The third-order valence-corrected chi connectivity index (χ3v) is 6.55. The first-order chi connectivity index (χ1) is 15.9. The van der Waals surface area contributed by atoms with Crippen molar-refractivity contribution in [1.82, 2.24) is 14.9 Å². The Hall–Kier alpha value is -2.91. The highest BCUT2D eigenvalue weighted by Crippen LogP contribution is 2.28. The van der Waals surface area contributed by atoms with E-state index in [-0.39, 0.29) is 17.8 Å². The maximum absolute atomic E-state index is 12.2. The number of piperazine rings is 1. The van der Waals surface area contributed by atoms with Gasteiger partial charge in [-0.25, -0.2) is 9.97 Å². The SMILES string of the molecule is CCc1nc(C(N)=O)c(Nc2cccc(N3CCN(C)CC3)c2)nc1NC1CCC(O)CC1. The zero-order valence-corrected chi connectivity index (χ0v) is 19.5. The van der Waals surface area contributed by atoms with Crippen LogP contribution in [0.1, 0.15) is 48.8 Å². The van der Waals surface area contributed by atoms with E-state index in [0.717, 1.165) is 63.2 Å². The van der Waals surface area contributed by atoms with E-state index in [1.807, 2.05) is 19.1 Å². The molecule has 178 valence electrons. The smallest absolute Gasteiger partial charge is 0.271 e. The Bertz CT molecular complexity index is 967. The molecule has 2 heterocycles. The Morgan fingerprint density at radius 3 is 2.52 bits per heavy atom. The number of primary amides is 1. The van der Waals surface area contributed by atoms with Crippen LogP contribution in [0.15, 0.2) is 24.3 Å². The molecule has 33 heavy (non-hydrogen) atoms. The number of nitrogens with one attached hydrogen (secondary N) is 2. The molecule has 0 radical (unpaired) electrons. The van der Waals surface area contributed by atoms with E-state index in [4.69, 9.17) is 10.7 Å². The van der Waals surface area contributed by atoms with Gasteiger partial charge in [-0.05, 0) is 57.4 Å². The molecule has 0 atom stereocenters. The summed E-state index contributed by atoms with van der Waals surface area (Å²) < 4.78 is 0. The van der Waals surface area contributed by atoms with Gasteiger partial charge < -0.3 is 31.3 Å². The zero-order valence-electron chi connectivity index (χ0n) is 19.5. The van der Waals surface area contributed by atoms with Crippen LogP contribution >= 0.6 is 0 Å². The van der Waals surface area contributed by atoms with E-state index < -0.39 is 5.91 Å². The lowest BCUT2D eigenvalue weighted by Crippen LogP contribution is -2.44. The summed E-state index contributed by atoms with van der Waals surface area (Å²) in [5.41, 5.74) is 8.48. The lowest BCUT2D eigenvalue weighted by atomic mass is 9.93. The molecule has 2 fully saturated rings. The second kappa shape index (κ2) is 10.4. The number of hydrogen-bond donors (Lipinski definition) is 4. The van der Waals surface area contributed by atoms with Gasteiger partial charge in [0.05, 0.1) is 11.8 Å². The second-order valence-corrected chi connectivity index (χ2v) is 9.05. The van der Waals surface area contributed by atoms with Crippen LogP contribution in [0.4, 0.5) is 23.0 Å². The largest absolute Gasteiger partial charge is 0.393 e. The van der Waals surface area contributed by atoms with Crippen molar-refractivity contribution in [2.24, 2.45) is 5.73 Å². The summed E-state index contributed by atoms with van der Waals surface area (Å²) in [5.74, 6) is 0.414. The van der Waals surface area contributed by atoms with Gasteiger partial charge in [-0.3, -0.25) is 4.79 Å². The number of nitrogens with zero attached hydrogens (tertiary/aromatic N) is 4. The number of likely N-dealkylation sites (N-methyl/N-ethyl adjacent to an activating group) is 1. The minimum atomic E-state index is -0.609. The van der Waals surface area contributed by atoms with E-state index in [2.05, 4.69) is 44.6 Å². The van der Waals surface area contributed by atoms with Crippen molar-refractivity contribution in [3.63, 3.8) is 0 Å². The Balaban J connectivity index is 1.58. The maximum atomic E-state index is 12.2. The molecule has 0 spiro atoms. The van der Waals surface area contributed by atoms with Crippen LogP contribution in [-0.2, 0) is 6.42 Å². The third-order valence-electron chi connectivity index (χ3n) is 6.55. The molecular weight excluding hydrogens is 418 g/mol. The van der Waals surface area contributed by atoms with E-state index >= 15 is 0 Å². The Kier molecular flexibility index (Phi) is 7.29. The van der Waals surface area contributed by atoms with Crippen LogP contribution in [0.2, 0.25) is 0 Å². The summed E-state index contributed by atoms with van der Waals surface area (Å²) in [7, 11) is 2.14. The number of benzene rings is 1. The number of amides is 1. The number of carbonyl (C=O) groups excluding carboxylic acids is 1. The Morgan fingerprint density at radius 1 is 1.12 bits per heavy atom. The number of aryl methyl sites for hydroxylation is 1. The molecule has 1 aromatic heterocycles. The van der Waals surface area contributed by atoms with Gasteiger partial charge in [0.15, 0.2) is 11.5 Å². The second-order valence-electron chi connectivity index (χ2n) is 9.05. The number of nitrogens with two attached hydrogens (primary N) is 1. The van der Waals surface area contributed by atoms with Gasteiger partial charge in [0, 0.05) is 43.6 Å². The summed E-state index contributed by atoms with van der Waals surface area (Å²) in [5, 5.41) is 16.6. The molecule has 9 nitrogen and oxygen atoms in total. The van der Waals surface area contributed by atoms with Crippen LogP contribution in [0.5, 0.6) is 0 Å². The van der Waals surface area contributed by atoms with E-state index in [1.165, 1.54) is 0 Å². The quantitative estimate of drug-likeness (QED) is 0.504. The Morgan fingerprint density at radius 2 is 1.85 bits per heavy atom. The Labute approximate surface area is 195 Å². The third kappa shape index (κ3) is 5.72. The average Bonchev–Trinajstić information content (AvgIpc) is 2.81. The fourth-order valence-corrected chi connectivity index (χ4v) is 4.49. The molecule has 1 saturated carbocycles. The predicted octanol–water partition coefficient (Wildman–Crippen LogP) is 2.35. The van der Waals surface area contributed by atoms with Crippen molar-refractivity contribution < 1.29 is 9.90 Å². The van der Waals surface area contributed by atoms with Crippen LogP contribution in [0.3, 0.4) is 0 Å². The first-order valence-corrected chi connectivity index (χ1v) is 11.9. The monoisotopic (exact) mass is 453 g/mol. The number of anilines is 4. The van der Waals surface area contributed by atoms with Crippen molar-refractivity contribution >= 4 is 28.9 Å². The molecule has 0 unspecified atom stereocenters. The number of aromatic nitrogens is 2. The molecule has 2 aliphatic rings. The number of carbonyl (C=O) groups is 1. The van der Waals surface area contributed by atoms with Gasteiger partial charge in [0.2, 0.25) is 0 Å². The molecule has 5 N–H and O–H groups in total. The predicted molar refractivity (Wildman–Crippen MR) is 131 cm³/mol. The van der Waals surface area contributed by atoms with Crippen molar-refractivity contribution in [3.8, 4) is 0 Å². The van der Waals surface area contributed by atoms with Gasteiger partial charge in [-0.15, -0.1) is 0 Å². The highest BCUT2D eigenvalue weighted by molar-refractivity contribution is 5.96. The van der Waals surface area contributed by atoms with E-state index in [9.17, 15) is 9.90 Å². The maximum Gasteiger partial charge on any atom is 0.271 e. The molecule has 1 aliphatic carbocycles. The molecule has 1 aromatic carbocycles. The zero-order chi connectivity index (χ0) is 23.4. The molecule has 2 aromatic rings. The summed E-state index contributed by atoms with van der Waals surface area (Å²) in [6.07, 6.45) is 3.71. The summed E-state index contributed by atoms with van der Waals surface area (Å²) >= 11 is 0. The van der Waals surface area contributed by atoms with Crippen LogP contribution in [0, 0.1) is 0 Å². The summed E-state index contributed by atoms with van der Waals surface area (Å²) in [6.45, 7) is 5.99. The lowest BCUT2D eigenvalue weighted by Gasteiger charge is -2.34. The summed E-state index contributed by atoms with van der Waals surface area (Å²) in [6, 6.07) is 8.35. The first kappa shape index (κ1) is 23.3. The lowest BCUT2D eigenvalue weighted by molar-refractivity contribution is 0.0996. The molecule has 0 bridgehead atoms. The van der Waals surface area contributed by atoms with Gasteiger partial charge in [-0.1, -0.05) is 13.0 Å². The highest BCUT2D eigenvalue weighted by atomic mass is 16.3. The minimum Gasteiger partial charge on any atom is -0.393 e. The molecule has 1 aliphatic heterocycles. The average molecular weight is 454 g/mol. The van der Waals surface area contributed by atoms with Crippen molar-refractivity contribution in [2.45, 2.75) is 51.2 Å². The topological polar surface area (TPSA) is 120 Å². The van der Waals surface area contributed by atoms with Crippen molar-refractivity contribution in [3.05, 3.63) is 35.7 Å². The standard InChI is InChI=1S/C24H35N7O2/c1-3-20-23(26-16-7-9-19(32)10-8-16)29-24(21(28-20)22(25)33)27-17-5-4-6-18(15-17)31-13-11-30(2)12-14-31/h4-6,15-16,19,32H,3,7-14H2,1-2H3,(H2,25,33)(H2,26,27,29). The molecule has 1 saturated heterocycles. The molecular formula is C24H35N7O2. The molecule has 1 amide bonds. The van der Waals surface area contributed by atoms with Gasteiger partial charge >= 0.3 is 0 Å². The van der Waals surface area contributed by atoms with E-state index in [0.29, 0.717) is 23.8 Å². The normalized spacial score (nSPS) is 21.6. The van der Waals surface area contributed by atoms with Crippen molar-refractivity contribution in [1.29, 1.82) is 0 Å². The van der Waals surface area contributed by atoms with Crippen LogP contribution in [-0.4, -0.2) is 71.3 Å². The first-order valence-electron chi connectivity index (χ1n) is 11.9. The number of hydrogen-bond acceptors (Lipinski definition) is 8. The summed E-state index contributed by atoms with van der Waals surface area (Å²) in [4.78, 5) is 26.2. The van der Waals surface area contributed by atoms with Gasteiger partial charge in [0.1, 0.15) is 5.82 Å². The fraction of sp³-hybridized carbons (Fsp3) is 0.542. The number of aliphatic hydroxyl groups is 1. The molecule has 4 rings (SSSR count). The highest BCUT2D eigenvalue weighted by Gasteiger charge is 2.23. The fourth-order valence-electron chi connectivity index (χ4n) is 4.49. The number of rotatable bonds is 7.